The van der Waals surface area contributed by atoms with Gasteiger partial charge >= 0.3 is 0 Å². The highest BCUT2D eigenvalue weighted by molar-refractivity contribution is 8.01. The second-order valence-electron chi connectivity index (χ2n) is 6.09. The number of hydrogen-bond acceptors (Lipinski definition) is 3. The van der Waals surface area contributed by atoms with Crippen LogP contribution in [0.2, 0.25) is 5.02 Å². The van der Waals surface area contributed by atoms with Crippen LogP contribution in [0.25, 0.3) is 0 Å². The van der Waals surface area contributed by atoms with Gasteiger partial charge in [-0.15, -0.1) is 11.8 Å². The maximum Gasteiger partial charge on any atom is 0.238 e. The molecule has 1 N–H and O–H groups in total. The van der Waals surface area contributed by atoms with Crippen LogP contribution in [0.15, 0.2) is 23.1 Å². The van der Waals surface area contributed by atoms with Crippen LogP contribution in [-0.4, -0.2) is 35.1 Å². The maximum atomic E-state index is 12.6. The average molecular weight is 353 g/mol. The monoisotopic (exact) mass is 352 g/mol. The molecule has 2 heterocycles. The summed E-state index contributed by atoms with van der Waals surface area (Å²) >= 11 is 7.41. The number of halogens is 1. The molecule has 0 aromatic heterocycles. The summed E-state index contributed by atoms with van der Waals surface area (Å²) in [6.45, 7) is 1.65. The predicted molar refractivity (Wildman–Crippen MR) is 94.0 cm³/mol. The third-order valence-electron chi connectivity index (χ3n) is 4.33. The van der Waals surface area contributed by atoms with Gasteiger partial charge in [-0.25, -0.2) is 0 Å². The lowest BCUT2D eigenvalue weighted by atomic mass is 10.1. The van der Waals surface area contributed by atoms with E-state index in [1.807, 2.05) is 17.0 Å². The van der Waals surface area contributed by atoms with Crippen molar-refractivity contribution < 1.29 is 9.59 Å². The van der Waals surface area contributed by atoms with Crippen molar-refractivity contribution in [1.29, 1.82) is 0 Å². The van der Waals surface area contributed by atoms with Crippen molar-refractivity contribution in [3.05, 3.63) is 23.2 Å². The fourth-order valence-electron chi connectivity index (χ4n) is 3.04. The Morgan fingerprint density at radius 1 is 1.22 bits per heavy atom. The minimum Gasteiger partial charge on any atom is -0.343 e. The number of hydrogen-bond donors (Lipinski definition) is 1. The molecule has 4 nitrogen and oxygen atoms in total. The first-order chi connectivity index (χ1) is 11.1. The zero-order chi connectivity index (χ0) is 16.2. The number of rotatable bonds is 2. The summed E-state index contributed by atoms with van der Waals surface area (Å²) in [6.07, 6.45) is 6.04. The Balaban J connectivity index is 1.64. The molecule has 1 atom stereocenters. The van der Waals surface area contributed by atoms with Gasteiger partial charge in [0.2, 0.25) is 11.8 Å². The summed E-state index contributed by atoms with van der Waals surface area (Å²) in [5.41, 5.74) is 0.738. The molecule has 0 saturated carbocycles. The molecule has 2 aliphatic rings. The van der Waals surface area contributed by atoms with E-state index in [1.54, 1.807) is 6.07 Å². The molecule has 1 saturated heterocycles. The van der Waals surface area contributed by atoms with Crippen LogP contribution in [-0.2, 0) is 9.59 Å². The predicted octanol–water partition coefficient (Wildman–Crippen LogP) is 3.94. The number of nitrogens with zero attached hydrogens (tertiary/aromatic N) is 1. The second kappa shape index (κ2) is 7.58. The molecule has 6 heteroatoms. The molecule has 1 aromatic rings. The van der Waals surface area contributed by atoms with Crippen molar-refractivity contribution in [3.63, 3.8) is 0 Å². The standard InChI is InChI=1S/C17H21ClN2O2S/c18-12-6-7-14-13(10-12)19-17(22)15(23-14)11-16(21)20-8-4-2-1-3-5-9-20/h6-7,10,15H,1-5,8-9,11H2,(H,19,22). The number of carbonyl (C=O) groups is 2. The molecule has 0 aliphatic carbocycles. The molecule has 0 radical (unpaired) electrons. The summed E-state index contributed by atoms with van der Waals surface area (Å²) in [6, 6.07) is 5.45. The summed E-state index contributed by atoms with van der Waals surface area (Å²) in [5, 5.41) is 3.10. The van der Waals surface area contributed by atoms with Gasteiger partial charge < -0.3 is 10.2 Å². The summed E-state index contributed by atoms with van der Waals surface area (Å²) in [7, 11) is 0. The molecule has 3 rings (SSSR count). The van der Waals surface area contributed by atoms with Gasteiger partial charge in [0, 0.05) is 29.4 Å². The number of amides is 2. The molecular formula is C17H21ClN2O2S. The van der Waals surface area contributed by atoms with Gasteiger partial charge in [-0.3, -0.25) is 9.59 Å². The van der Waals surface area contributed by atoms with Crippen LogP contribution in [0.3, 0.4) is 0 Å². The van der Waals surface area contributed by atoms with E-state index in [-0.39, 0.29) is 23.5 Å². The number of benzene rings is 1. The van der Waals surface area contributed by atoms with E-state index >= 15 is 0 Å². The number of anilines is 1. The lowest BCUT2D eigenvalue weighted by Crippen LogP contribution is -2.38. The Labute approximate surface area is 145 Å². The van der Waals surface area contributed by atoms with Gasteiger partial charge in [0.05, 0.1) is 10.9 Å². The number of carbonyl (C=O) groups excluding carboxylic acids is 2. The quantitative estimate of drug-likeness (QED) is 0.877. The zero-order valence-corrected chi connectivity index (χ0v) is 14.6. The van der Waals surface area contributed by atoms with Crippen LogP contribution >= 0.6 is 23.4 Å². The van der Waals surface area contributed by atoms with Crippen molar-refractivity contribution in [3.8, 4) is 0 Å². The van der Waals surface area contributed by atoms with Crippen LogP contribution in [0.5, 0.6) is 0 Å². The fraction of sp³-hybridized carbons (Fsp3) is 0.529. The third kappa shape index (κ3) is 4.21. The molecule has 0 spiro atoms. The van der Waals surface area contributed by atoms with Gasteiger partial charge in [-0.2, -0.15) is 0 Å². The third-order valence-corrected chi connectivity index (χ3v) is 5.84. The normalized spacial score (nSPS) is 21.9. The van der Waals surface area contributed by atoms with E-state index in [1.165, 1.54) is 31.0 Å². The SMILES string of the molecule is O=C1Nc2cc(Cl)ccc2SC1CC(=O)N1CCCCCCC1. The van der Waals surface area contributed by atoms with Crippen molar-refractivity contribution >= 4 is 40.9 Å². The molecule has 1 aromatic carbocycles. The molecule has 0 bridgehead atoms. The Kier molecular flexibility index (Phi) is 5.49. The molecule has 23 heavy (non-hydrogen) atoms. The largest absolute Gasteiger partial charge is 0.343 e. The van der Waals surface area contributed by atoms with E-state index in [0.29, 0.717) is 5.02 Å². The summed E-state index contributed by atoms with van der Waals surface area (Å²) in [4.78, 5) is 27.7. The van der Waals surface area contributed by atoms with Gasteiger partial charge in [0.15, 0.2) is 0 Å². The lowest BCUT2D eigenvalue weighted by Gasteiger charge is -2.28. The first-order valence-electron chi connectivity index (χ1n) is 8.18. The maximum absolute atomic E-state index is 12.6. The van der Waals surface area contributed by atoms with Crippen molar-refractivity contribution in [1.82, 2.24) is 4.90 Å². The highest BCUT2D eigenvalue weighted by atomic mass is 35.5. The number of thioether (sulfide) groups is 1. The summed E-state index contributed by atoms with van der Waals surface area (Å²) < 4.78 is 0. The topological polar surface area (TPSA) is 49.4 Å². The average Bonchev–Trinajstić information content (AvgIpc) is 2.47. The summed E-state index contributed by atoms with van der Waals surface area (Å²) in [5.74, 6) is -0.0119. The van der Waals surface area contributed by atoms with E-state index < -0.39 is 0 Å². The first kappa shape index (κ1) is 16.7. The highest BCUT2D eigenvalue weighted by Gasteiger charge is 2.30. The molecule has 2 aliphatic heterocycles. The molecule has 2 amide bonds. The van der Waals surface area contributed by atoms with Crippen LogP contribution in [0.4, 0.5) is 5.69 Å². The van der Waals surface area contributed by atoms with Gasteiger partial charge in [0.1, 0.15) is 0 Å². The Morgan fingerprint density at radius 2 is 1.91 bits per heavy atom. The molecule has 1 unspecified atom stereocenters. The van der Waals surface area contributed by atoms with Crippen LogP contribution < -0.4 is 5.32 Å². The molecular weight excluding hydrogens is 332 g/mol. The van der Waals surface area contributed by atoms with Crippen LogP contribution in [0.1, 0.15) is 38.5 Å². The molecule has 1 fully saturated rings. The van der Waals surface area contributed by atoms with Gasteiger partial charge in [0.25, 0.3) is 0 Å². The number of likely N-dealkylation sites (tertiary alicyclic amines) is 1. The fourth-order valence-corrected chi connectivity index (χ4v) is 4.30. The smallest absolute Gasteiger partial charge is 0.238 e. The Bertz CT molecular complexity index is 600. The first-order valence-corrected chi connectivity index (χ1v) is 9.44. The van der Waals surface area contributed by atoms with Crippen molar-refractivity contribution in [2.45, 2.75) is 48.7 Å². The number of fused-ring (bicyclic) bond motifs is 1. The number of nitrogens with one attached hydrogen (secondary N) is 1. The Hall–Kier alpha value is -1.20. The van der Waals surface area contributed by atoms with E-state index in [2.05, 4.69) is 5.32 Å². The second-order valence-corrected chi connectivity index (χ2v) is 7.77. The van der Waals surface area contributed by atoms with E-state index in [0.717, 1.165) is 36.5 Å². The minimum absolute atomic E-state index is 0.0944. The van der Waals surface area contributed by atoms with Gasteiger partial charge in [-0.05, 0) is 31.0 Å². The van der Waals surface area contributed by atoms with E-state index in [9.17, 15) is 9.59 Å². The lowest BCUT2D eigenvalue weighted by molar-refractivity contribution is -0.133. The highest BCUT2D eigenvalue weighted by Crippen LogP contribution is 2.38. The van der Waals surface area contributed by atoms with Gasteiger partial charge in [-0.1, -0.05) is 30.9 Å². The van der Waals surface area contributed by atoms with Crippen LogP contribution in [0, 0.1) is 0 Å². The Morgan fingerprint density at radius 3 is 2.65 bits per heavy atom. The minimum atomic E-state index is -0.360. The zero-order valence-electron chi connectivity index (χ0n) is 13.0. The molecule has 124 valence electrons. The van der Waals surface area contributed by atoms with Crippen molar-refractivity contribution in [2.24, 2.45) is 0 Å². The van der Waals surface area contributed by atoms with Crippen molar-refractivity contribution in [2.75, 3.05) is 18.4 Å². The van der Waals surface area contributed by atoms with E-state index in [4.69, 9.17) is 11.6 Å².